The van der Waals surface area contributed by atoms with Gasteiger partial charge in [0.2, 0.25) is 0 Å². The van der Waals surface area contributed by atoms with E-state index < -0.39 is 0 Å². The van der Waals surface area contributed by atoms with E-state index in [2.05, 4.69) is 11.9 Å². The van der Waals surface area contributed by atoms with Crippen LogP contribution < -0.4 is 0 Å². The minimum Gasteiger partial charge on any atom is -0.469 e. The van der Waals surface area contributed by atoms with E-state index >= 15 is 0 Å². The summed E-state index contributed by atoms with van der Waals surface area (Å²) in [6.07, 6.45) is 5.16. The molecule has 0 bridgehead atoms. The molecule has 4 heteroatoms. The van der Waals surface area contributed by atoms with Crippen LogP contribution in [0.1, 0.15) is 32.6 Å². The van der Waals surface area contributed by atoms with Crippen LogP contribution in [0.3, 0.4) is 0 Å². The third-order valence-corrected chi connectivity index (χ3v) is 3.28. The van der Waals surface area contributed by atoms with Gasteiger partial charge in [0, 0.05) is 13.2 Å². The number of esters is 1. The van der Waals surface area contributed by atoms with E-state index in [9.17, 15) is 4.79 Å². The molecular formula is C13H25NO3. The number of rotatable bonds is 7. The fourth-order valence-corrected chi connectivity index (χ4v) is 2.30. The zero-order chi connectivity index (χ0) is 12.7. The molecule has 2 atom stereocenters. The molecule has 1 heterocycles. The molecule has 0 N–H and O–H groups in total. The van der Waals surface area contributed by atoms with Gasteiger partial charge >= 0.3 is 5.97 Å². The first-order chi connectivity index (χ1) is 8.13. The maximum atomic E-state index is 11.3. The van der Waals surface area contributed by atoms with Crippen molar-refractivity contribution in [1.29, 1.82) is 0 Å². The van der Waals surface area contributed by atoms with Crippen molar-refractivity contribution < 1.29 is 14.3 Å². The molecular weight excluding hydrogens is 218 g/mol. The molecule has 1 rings (SSSR count). The molecule has 0 aromatic heterocycles. The molecule has 0 aromatic carbocycles. The van der Waals surface area contributed by atoms with E-state index in [4.69, 9.17) is 9.47 Å². The second-order valence-corrected chi connectivity index (χ2v) is 4.96. The van der Waals surface area contributed by atoms with Gasteiger partial charge in [0.1, 0.15) is 0 Å². The van der Waals surface area contributed by atoms with Gasteiger partial charge in [-0.2, -0.15) is 0 Å². The highest BCUT2D eigenvalue weighted by atomic mass is 16.5. The summed E-state index contributed by atoms with van der Waals surface area (Å²) < 4.78 is 10.3. The van der Waals surface area contributed by atoms with Crippen LogP contribution in [-0.2, 0) is 14.3 Å². The SMILES string of the molecule is COC(=O)C(C)CN(C)CCCC1CCCO1. The van der Waals surface area contributed by atoms with E-state index in [1.165, 1.54) is 20.0 Å². The Morgan fingerprint density at radius 3 is 2.94 bits per heavy atom. The third kappa shape index (κ3) is 5.50. The Hall–Kier alpha value is -0.610. The molecule has 2 unspecified atom stereocenters. The van der Waals surface area contributed by atoms with E-state index in [0.29, 0.717) is 6.10 Å². The number of hydrogen-bond acceptors (Lipinski definition) is 4. The summed E-state index contributed by atoms with van der Waals surface area (Å²) in [7, 11) is 3.49. The smallest absolute Gasteiger partial charge is 0.309 e. The molecule has 0 aromatic rings. The molecule has 0 saturated carbocycles. The van der Waals surface area contributed by atoms with Crippen LogP contribution in [0.15, 0.2) is 0 Å². The van der Waals surface area contributed by atoms with Crippen LogP contribution in [0.25, 0.3) is 0 Å². The van der Waals surface area contributed by atoms with E-state index in [1.807, 2.05) is 6.92 Å². The standard InChI is InChI=1S/C13H25NO3/c1-11(13(15)16-3)10-14(2)8-4-6-12-7-5-9-17-12/h11-12H,4-10H2,1-3H3. The normalized spacial score (nSPS) is 21.8. The predicted molar refractivity (Wildman–Crippen MR) is 66.9 cm³/mol. The minimum atomic E-state index is -0.129. The first-order valence-corrected chi connectivity index (χ1v) is 6.51. The van der Waals surface area contributed by atoms with Crippen molar-refractivity contribution in [2.45, 2.75) is 38.7 Å². The van der Waals surface area contributed by atoms with Gasteiger partial charge in [0.25, 0.3) is 0 Å². The summed E-state index contributed by atoms with van der Waals surface area (Å²) in [6.45, 7) is 4.61. The van der Waals surface area contributed by atoms with Crippen molar-refractivity contribution in [3.8, 4) is 0 Å². The van der Waals surface area contributed by atoms with Crippen LogP contribution in [0.4, 0.5) is 0 Å². The number of carbonyl (C=O) groups excluding carboxylic acids is 1. The topological polar surface area (TPSA) is 38.8 Å². The van der Waals surface area contributed by atoms with Gasteiger partial charge in [-0.15, -0.1) is 0 Å². The van der Waals surface area contributed by atoms with Crippen molar-refractivity contribution in [2.24, 2.45) is 5.92 Å². The zero-order valence-corrected chi connectivity index (χ0v) is 11.3. The Morgan fingerprint density at radius 1 is 1.59 bits per heavy atom. The van der Waals surface area contributed by atoms with Gasteiger partial charge in [-0.25, -0.2) is 0 Å². The van der Waals surface area contributed by atoms with Gasteiger partial charge < -0.3 is 14.4 Å². The summed E-state index contributed by atoms with van der Waals surface area (Å²) in [4.78, 5) is 13.5. The first-order valence-electron chi connectivity index (χ1n) is 6.51. The maximum Gasteiger partial charge on any atom is 0.309 e. The maximum absolute atomic E-state index is 11.3. The molecule has 0 amide bonds. The number of nitrogens with zero attached hydrogens (tertiary/aromatic N) is 1. The summed E-state index contributed by atoms with van der Waals surface area (Å²) >= 11 is 0. The van der Waals surface area contributed by atoms with Crippen molar-refractivity contribution in [3.63, 3.8) is 0 Å². The Labute approximate surface area is 104 Å². The fourth-order valence-electron chi connectivity index (χ4n) is 2.30. The monoisotopic (exact) mass is 243 g/mol. The van der Waals surface area contributed by atoms with Gasteiger partial charge in [0.05, 0.1) is 19.1 Å². The third-order valence-electron chi connectivity index (χ3n) is 3.28. The van der Waals surface area contributed by atoms with E-state index in [1.54, 1.807) is 0 Å². The number of carbonyl (C=O) groups is 1. The van der Waals surface area contributed by atoms with Gasteiger partial charge in [-0.3, -0.25) is 4.79 Å². The van der Waals surface area contributed by atoms with Crippen LogP contribution in [0.2, 0.25) is 0 Å². The number of methoxy groups -OCH3 is 1. The van der Waals surface area contributed by atoms with E-state index in [-0.39, 0.29) is 11.9 Å². The van der Waals surface area contributed by atoms with Crippen LogP contribution in [0, 0.1) is 5.92 Å². The van der Waals surface area contributed by atoms with Gasteiger partial charge in [0.15, 0.2) is 0 Å². The molecule has 1 saturated heterocycles. The molecule has 17 heavy (non-hydrogen) atoms. The Kier molecular flexibility index (Phi) is 6.52. The van der Waals surface area contributed by atoms with E-state index in [0.717, 1.165) is 32.5 Å². The average Bonchev–Trinajstić information content (AvgIpc) is 2.80. The van der Waals surface area contributed by atoms with Crippen LogP contribution >= 0.6 is 0 Å². The second-order valence-electron chi connectivity index (χ2n) is 4.96. The molecule has 4 nitrogen and oxygen atoms in total. The first kappa shape index (κ1) is 14.5. The van der Waals surface area contributed by atoms with Gasteiger partial charge in [-0.05, 0) is 39.3 Å². The Morgan fingerprint density at radius 2 is 2.35 bits per heavy atom. The number of ether oxygens (including phenoxy) is 2. The summed E-state index contributed by atoms with van der Waals surface area (Å²) in [5.41, 5.74) is 0. The zero-order valence-electron chi connectivity index (χ0n) is 11.3. The van der Waals surface area contributed by atoms with Crippen LogP contribution in [-0.4, -0.2) is 50.8 Å². The molecule has 0 aliphatic carbocycles. The lowest BCUT2D eigenvalue weighted by molar-refractivity contribution is -0.145. The Balaban J connectivity index is 2.07. The van der Waals surface area contributed by atoms with Crippen molar-refractivity contribution in [2.75, 3.05) is 33.9 Å². The summed E-state index contributed by atoms with van der Waals surface area (Å²) in [6, 6.07) is 0. The average molecular weight is 243 g/mol. The predicted octanol–water partition coefficient (Wildman–Crippen LogP) is 1.69. The summed E-state index contributed by atoms with van der Waals surface area (Å²) in [5.74, 6) is -0.177. The van der Waals surface area contributed by atoms with Crippen molar-refractivity contribution in [1.82, 2.24) is 4.90 Å². The highest BCUT2D eigenvalue weighted by Gasteiger charge is 2.17. The molecule has 1 aliphatic rings. The minimum absolute atomic E-state index is 0.0484. The summed E-state index contributed by atoms with van der Waals surface area (Å²) in [5, 5.41) is 0. The lowest BCUT2D eigenvalue weighted by Gasteiger charge is -2.20. The molecule has 0 spiro atoms. The quantitative estimate of drug-likeness (QED) is 0.638. The fraction of sp³-hybridized carbons (Fsp3) is 0.923. The second kappa shape index (κ2) is 7.67. The molecule has 0 radical (unpaired) electrons. The molecule has 1 aliphatic heterocycles. The lowest BCUT2D eigenvalue weighted by Crippen LogP contribution is -2.30. The largest absolute Gasteiger partial charge is 0.469 e. The number of hydrogen-bond donors (Lipinski definition) is 0. The molecule has 1 fully saturated rings. The van der Waals surface area contributed by atoms with Crippen molar-refractivity contribution >= 4 is 5.97 Å². The lowest BCUT2D eigenvalue weighted by atomic mass is 10.1. The van der Waals surface area contributed by atoms with Gasteiger partial charge in [-0.1, -0.05) is 6.92 Å². The highest BCUT2D eigenvalue weighted by Crippen LogP contribution is 2.16. The molecule has 100 valence electrons. The Bertz CT molecular complexity index is 227. The van der Waals surface area contributed by atoms with Crippen molar-refractivity contribution in [3.05, 3.63) is 0 Å². The highest BCUT2D eigenvalue weighted by molar-refractivity contribution is 5.71. The van der Waals surface area contributed by atoms with Crippen LogP contribution in [0.5, 0.6) is 0 Å².